The Balaban J connectivity index is 1.27. The van der Waals surface area contributed by atoms with Gasteiger partial charge in [-0.15, -0.1) is 0 Å². The lowest BCUT2D eigenvalue weighted by Gasteiger charge is -2.16. The number of urea groups is 1. The van der Waals surface area contributed by atoms with Gasteiger partial charge in [0, 0.05) is 19.6 Å². The number of benzene rings is 1. The van der Waals surface area contributed by atoms with Crippen LogP contribution in [0.1, 0.15) is 39.5 Å². The van der Waals surface area contributed by atoms with Gasteiger partial charge in [-0.05, 0) is 58.2 Å². The Labute approximate surface area is 167 Å². The van der Waals surface area contributed by atoms with E-state index < -0.39 is 0 Å². The van der Waals surface area contributed by atoms with Gasteiger partial charge in [-0.1, -0.05) is 12.1 Å². The van der Waals surface area contributed by atoms with Gasteiger partial charge >= 0.3 is 6.03 Å². The van der Waals surface area contributed by atoms with Crippen LogP contribution in [0.3, 0.4) is 0 Å². The highest BCUT2D eigenvalue weighted by atomic mass is 16.5. The summed E-state index contributed by atoms with van der Waals surface area (Å²) in [5, 5.41) is 3.34. The third kappa shape index (κ3) is 4.95. The molecule has 2 aliphatic heterocycles. The summed E-state index contributed by atoms with van der Waals surface area (Å²) in [5.41, 5.74) is 0. The molecule has 3 amide bonds. The summed E-state index contributed by atoms with van der Waals surface area (Å²) in [6.07, 6.45) is 3.59. The highest BCUT2D eigenvalue weighted by molar-refractivity contribution is 6.04. The van der Waals surface area contributed by atoms with Gasteiger partial charge in [-0.2, -0.15) is 0 Å². The number of carbonyl (C=O) groups excluding carboxylic acids is 2. The second kappa shape index (κ2) is 9.78. The molecule has 2 saturated heterocycles. The maximum Gasteiger partial charge on any atom is 0.327 e. The van der Waals surface area contributed by atoms with Crippen LogP contribution >= 0.6 is 0 Å². The zero-order valence-electron chi connectivity index (χ0n) is 16.9. The first-order valence-electron chi connectivity index (χ1n) is 10.3. The Bertz CT molecular complexity index is 657. The van der Waals surface area contributed by atoms with Crippen LogP contribution in [0.25, 0.3) is 0 Å². The fraction of sp³-hybridized carbons (Fsp3) is 0.619. The van der Waals surface area contributed by atoms with E-state index in [2.05, 4.69) is 5.32 Å². The van der Waals surface area contributed by atoms with E-state index in [0.717, 1.165) is 56.8 Å². The van der Waals surface area contributed by atoms with Crippen LogP contribution in [0.2, 0.25) is 0 Å². The number of imide groups is 1. The molecule has 0 bridgehead atoms. The average molecular weight is 389 g/mol. The van der Waals surface area contributed by atoms with Crippen LogP contribution in [0.5, 0.6) is 11.5 Å². The first-order chi connectivity index (χ1) is 13.6. The first kappa shape index (κ1) is 20.5. The van der Waals surface area contributed by atoms with E-state index in [4.69, 9.17) is 9.47 Å². The molecule has 0 spiro atoms. The minimum Gasteiger partial charge on any atom is -0.488 e. The molecule has 28 heavy (non-hydrogen) atoms. The van der Waals surface area contributed by atoms with Crippen molar-refractivity contribution in [2.45, 2.75) is 51.7 Å². The normalized spacial score (nSPS) is 18.9. The third-order valence-electron chi connectivity index (χ3n) is 5.01. The van der Waals surface area contributed by atoms with E-state index in [1.54, 1.807) is 4.90 Å². The molecular formula is C21H31N3O4. The summed E-state index contributed by atoms with van der Waals surface area (Å²) in [7, 11) is 0. The number of fused-ring (bicyclic) bond motifs is 1. The number of nitrogens with zero attached hydrogens (tertiary/aromatic N) is 2. The van der Waals surface area contributed by atoms with Crippen molar-refractivity contribution in [2.75, 3.05) is 32.8 Å². The van der Waals surface area contributed by atoms with Crippen molar-refractivity contribution in [1.29, 1.82) is 0 Å². The van der Waals surface area contributed by atoms with Crippen LogP contribution in [0, 0.1) is 0 Å². The molecule has 1 unspecified atom stereocenters. The summed E-state index contributed by atoms with van der Waals surface area (Å²) in [5.74, 6) is 1.51. The van der Waals surface area contributed by atoms with Crippen LogP contribution in [0.15, 0.2) is 24.3 Å². The van der Waals surface area contributed by atoms with E-state index in [0.29, 0.717) is 13.2 Å². The van der Waals surface area contributed by atoms with Gasteiger partial charge in [0.25, 0.3) is 5.91 Å². The Morgan fingerprint density at radius 3 is 2.68 bits per heavy atom. The molecule has 1 aromatic rings. The molecule has 2 fully saturated rings. The van der Waals surface area contributed by atoms with Crippen molar-refractivity contribution < 1.29 is 19.1 Å². The van der Waals surface area contributed by atoms with Crippen LogP contribution in [-0.2, 0) is 4.79 Å². The van der Waals surface area contributed by atoms with E-state index in [1.807, 2.05) is 38.1 Å². The van der Waals surface area contributed by atoms with Crippen molar-refractivity contribution in [3.05, 3.63) is 24.3 Å². The van der Waals surface area contributed by atoms with Crippen molar-refractivity contribution in [3.8, 4) is 11.5 Å². The minimum absolute atomic E-state index is 0.00820. The number of rotatable bonds is 11. The summed E-state index contributed by atoms with van der Waals surface area (Å²) in [6.45, 7) is 7.33. The summed E-state index contributed by atoms with van der Waals surface area (Å²) in [6, 6.07) is 7.40. The Morgan fingerprint density at radius 1 is 1.14 bits per heavy atom. The maximum atomic E-state index is 12.3. The summed E-state index contributed by atoms with van der Waals surface area (Å²) < 4.78 is 11.5. The van der Waals surface area contributed by atoms with Crippen molar-refractivity contribution in [3.63, 3.8) is 0 Å². The standard InChI is InChI=1S/C21H31N3O4/c1-16(2)28-19-10-4-3-9-18(19)27-15-12-22-11-5-6-13-24-20(25)17-8-7-14-23(17)21(24)26/h3-4,9-10,16-17,22H,5-8,11-15H2,1-2H3. The highest BCUT2D eigenvalue weighted by Gasteiger charge is 2.46. The molecule has 0 radical (unpaired) electrons. The summed E-state index contributed by atoms with van der Waals surface area (Å²) >= 11 is 0. The SMILES string of the molecule is CC(C)Oc1ccccc1OCCNCCCCN1C(=O)C2CCCN2C1=O. The van der Waals surface area contributed by atoms with Gasteiger partial charge < -0.3 is 19.7 Å². The molecule has 2 heterocycles. The van der Waals surface area contributed by atoms with E-state index >= 15 is 0 Å². The quantitative estimate of drug-likeness (QED) is 0.465. The zero-order valence-corrected chi connectivity index (χ0v) is 16.9. The molecule has 3 rings (SSSR count). The van der Waals surface area contributed by atoms with Crippen LogP contribution in [-0.4, -0.2) is 66.7 Å². The summed E-state index contributed by atoms with van der Waals surface area (Å²) in [4.78, 5) is 27.6. The zero-order chi connectivity index (χ0) is 19.9. The molecule has 7 heteroatoms. The Hall–Kier alpha value is -2.28. The lowest BCUT2D eigenvalue weighted by molar-refractivity contribution is -0.128. The molecule has 0 saturated carbocycles. The van der Waals surface area contributed by atoms with E-state index in [1.165, 1.54) is 4.90 Å². The van der Waals surface area contributed by atoms with Gasteiger partial charge in [-0.3, -0.25) is 9.69 Å². The molecule has 0 aromatic heterocycles. The minimum atomic E-state index is -0.190. The predicted octanol–water partition coefficient (Wildman–Crippen LogP) is 2.65. The molecule has 2 aliphatic rings. The highest BCUT2D eigenvalue weighted by Crippen LogP contribution is 2.28. The van der Waals surface area contributed by atoms with Crippen LogP contribution < -0.4 is 14.8 Å². The Morgan fingerprint density at radius 2 is 1.93 bits per heavy atom. The number of carbonyl (C=O) groups is 2. The van der Waals surface area contributed by atoms with Gasteiger partial charge in [0.2, 0.25) is 0 Å². The number of ether oxygens (including phenoxy) is 2. The molecule has 7 nitrogen and oxygen atoms in total. The van der Waals surface area contributed by atoms with Gasteiger partial charge in [0.1, 0.15) is 12.6 Å². The lowest BCUT2D eigenvalue weighted by Crippen LogP contribution is -2.34. The number of nitrogens with one attached hydrogen (secondary N) is 1. The number of para-hydroxylation sites is 2. The van der Waals surface area contributed by atoms with E-state index in [9.17, 15) is 9.59 Å². The molecule has 154 valence electrons. The van der Waals surface area contributed by atoms with Gasteiger partial charge in [0.15, 0.2) is 11.5 Å². The van der Waals surface area contributed by atoms with E-state index in [-0.39, 0.29) is 24.1 Å². The second-order valence-electron chi connectivity index (χ2n) is 7.54. The largest absolute Gasteiger partial charge is 0.488 e. The first-order valence-corrected chi connectivity index (χ1v) is 10.3. The number of unbranched alkanes of at least 4 members (excludes halogenated alkanes) is 1. The number of hydrogen-bond acceptors (Lipinski definition) is 5. The van der Waals surface area contributed by atoms with Gasteiger partial charge in [-0.25, -0.2) is 4.79 Å². The second-order valence-corrected chi connectivity index (χ2v) is 7.54. The molecule has 1 atom stereocenters. The topological polar surface area (TPSA) is 71.1 Å². The molecule has 0 aliphatic carbocycles. The fourth-order valence-corrected chi connectivity index (χ4v) is 3.69. The molecule has 1 aromatic carbocycles. The van der Waals surface area contributed by atoms with Crippen molar-refractivity contribution in [2.24, 2.45) is 0 Å². The fourth-order valence-electron chi connectivity index (χ4n) is 3.69. The van der Waals surface area contributed by atoms with Gasteiger partial charge in [0.05, 0.1) is 6.10 Å². The molecule has 1 N–H and O–H groups in total. The number of amides is 3. The van der Waals surface area contributed by atoms with Crippen molar-refractivity contribution >= 4 is 11.9 Å². The Kier molecular flexibility index (Phi) is 7.14. The monoisotopic (exact) mass is 389 g/mol. The van der Waals surface area contributed by atoms with Crippen LogP contribution in [0.4, 0.5) is 4.79 Å². The lowest BCUT2D eigenvalue weighted by atomic mass is 10.2. The smallest absolute Gasteiger partial charge is 0.327 e. The van der Waals surface area contributed by atoms with Crippen molar-refractivity contribution in [1.82, 2.24) is 15.1 Å². The maximum absolute atomic E-state index is 12.3. The predicted molar refractivity (Wildman–Crippen MR) is 107 cm³/mol. The third-order valence-corrected chi connectivity index (χ3v) is 5.01. The molecular weight excluding hydrogens is 358 g/mol. The number of hydrogen-bond donors (Lipinski definition) is 1. The average Bonchev–Trinajstić information content (AvgIpc) is 3.23.